The number of hydrogen-bond donors (Lipinski definition) is 2. The molecule has 0 radical (unpaired) electrons. The van der Waals surface area contributed by atoms with E-state index in [9.17, 15) is 9.59 Å². The fourth-order valence-corrected chi connectivity index (χ4v) is 7.25. The minimum Gasteiger partial charge on any atom is -0.461 e. The highest BCUT2D eigenvalue weighted by Crippen LogP contribution is 2.48. The van der Waals surface area contributed by atoms with Crippen molar-refractivity contribution >= 4 is 23.6 Å². The highest BCUT2D eigenvalue weighted by Gasteiger charge is 2.38. The van der Waals surface area contributed by atoms with Gasteiger partial charge in [-0.15, -0.1) is 11.8 Å². The van der Waals surface area contributed by atoms with Crippen molar-refractivity contribution in [3.8, 4) is 0 Å². The Kier molecular flexibility index (Phi) is 12.1. The molecule has 4 rings (SSSR count). The zero-order valence-corrected chi connectivity index (χ0v) is 25.9. The second-order valence-corrected chi connectivity index (χ2v) is 12.7. The molecule has 3 atom stereocenters. The normalized spacial score (nSPS) is 16.8. The largest absolute Gasteiger partial charge is 0.461 e. The highest BCUT2D eigenvalue weighted by molar-refractivity contribution is 8.00. The molecule has 3 N–H and O–H groups in total. The Morgan fingerprint density at radius 1 is 0.833 bits per heavy atom. The third kappa shape index (κ3) is 8.05. The standard InChI is InChI=1S/C36H46N2O3S/c1-3-27(2)33(35(40)41-31-24-16-5-4-6-17-25-31)38-34(39)32(37)26-42-36(28-18-10-7-11-19-28,29-20-12-8-13-21-29)30-22-14-9-15-23-30/h7-15,18-23,27,31-33H,3-6,16-17,24-26,37H2,1-2H3,(H,38,39)/t27-,32-,33-/m0/s1. The molecule has 1 fully saturated rings. The number of carbonyl (C=O) groups excluding carboxylic acids is 2. The summed E-state index contributed by atoms with van der Waals surface area (Å²) in [5.74, 6) is -0.372. The van der Waals surface area contributed by atoms with Gasteiger partial charge in [-0.3, -0.25) is 4.79 Å². The van der Waals surface area contributed by atoms with Crippen molar-refractivity contribution in [2.24, 2.45) is 11.7 Å². The van der Waals surface area contributed by atoms with Gasteiger partial charge in [-0.05, 0) is 48.3 Å². The first-order valence-electron chi connectivity index (χ1n) is 15.5. The summed E-state index contributed by atoms with van der Waals surface area (Å²) >= 11 is 1.65. The number of rotatable bonds is 12. The maximum Gasteiger partial charge on any atom is 0.329 e. The van der Waals surface area contributed by atoms with Gasteiger partial charge in [-0.25, -0.2) is 4.79 Å². The number of ether oxygens (including phenoxy) is 1. The van der Waals surface area contributed by atoms with Crippen LogP contribution in [-0.4, -0.2) is 35.8 Å². The van der Waals surface area contributed by atoms with Crippen LogP contribution in [-0.2, 0) is 19.1 Å². The van der Waals surface area contributed by atoms with Crippen LogP contribution < -0.4 is 11.1 Å². The number of thioether (sulfide) groups is 1. The summed E-state index contributed by atoms with van der Waals surface area (Å²) in [5, 5.41) is 2.99. The molecule has 1 saturated carbocycles. The van der Waals surface area contributed by atoms with Crippen LogP contribution in [0.15, 0.2) is 91.0 Å². The molecule has 0 spiro atoms. The van der Waals surface area contributed by atoms with Crippen LogP contribution in [0.1, 0.15) is 81.9 Å². The highest BCUT2D eigenvalue weighted by atomic mass is 32.2. The van der Waals surface area contributed by atoms with Gasteiger partial charge in [0, 0.05) is 5.75 Å². The van der Waals surface area contributed by atoms with E-state index in [-0.39, 0.29) is 23.9 Å². The Hall–Kier alpha value is -3.09. The molecule has 5 nitrogen and oxygen atoms in total. The van der Waals surface area contributed by atoms with Crippen molar-refractivity contribution in [2.75, 3.05) is 5.75 Å². The number of amides is 1. The Balaban J connectivity index is 1.53. The molecule has 0 unspecified atom stereocenters. The maximum absolute atomic E-state index is 13.5. The van der Waals surface area contributed by atoms with Crippen LogP contribution in [0.4, 0.5) is 0 Å². The van der Waals surface area contributed by atoms with E-state index in [2.05, 4.69) is 41.7 Å². The lowest BCUT2D eigenvalue weighted by Gasteiger charge is -2.36. The Bertz CT molecular complexity index is 1130. The molecule has 224 valence electrons. The molecule has 0 heterocycles. The minimum absolute atomic E-state index is 0.0631. The molecule has 0 bridgehead atoms. The van der Waals surface area contributed by atoms with Crippen molar-refractivity contribution in [3.63, 3.8) is 0 Å². The van der Waals surface area contributed by atoms with E-state index in [1.165, 1.54) is 19.3 Å². The quantitative estimate of drug-likeness (QED) is 0.173. The molecular formula is C36H46N2O3S. The average Bonchev–Trinajstić information content (AvgIpc) is 3.02. The molecule has 0 aliphatic heterocycles. The summed E-state index contributed by atoms with van der Waals surface area (Å²) in [6.07, 6.45) is 8.22. The molecule has 6 heteroatoms. The van der Waals surface area contributed by atoms with Gasteiger partial charge in [0.25, 0.3) is 0 Å². The van der Waals surface area contributed by atoms with E-state index in [1.807, 2.05) is 68.4 Å². The molecule has 1 amide bonds. The molecule has 3 aromatic rings. The third-order valence-electron chi connectivity index (χ3n) is 8.46. The van der Waals surface area contributed by atoms with Crippen molar-refractivity contribution in [1.82, 2.24) is 5.32 Å². The zero-order valence-electron chi connectivity index (χ0n) is 25.0. The van der Waals surface area contributed by atoms with Crippen LogP contribution in [0.2, 0.25) is 0 Å². The zero-order chi connectivity index (χ0) is 29.8. The number of nitrogens with two attached hydrogens (primary N) is 1. The van der Waals surface area contributed by atoms with Crippen molar-refractivity contribution in [1.29, 1.82) is 0 Å². The van der Waals surface area contributed by atoms with E-state index in [1.54, 1.807) is 11.8 Å². The lowest BCUT2D eigenvalue weighted by molar-refractivity contribution is -0.155. The van der Waals surface area contributed by atoms with Crippen molar-refractivity contribution < 1.29 is 14.3 Å². The third-order valence-corrected chi connectivity index (χ3v) is 10.1. The number of carbonyl (C=O) groups is 2. The fourth-order valence-electron chi connectivity index (χ4n) is 5.76. The van der Waals surface area contributed by atoms with E-state index in [4.69, 9.17) is 10.5 Å². The average molecular weight is 587 g/mol. The van der Waals surface area contributed by atoms with Crippen molar-refractivity contribution in [2.45, 2.75) is 88.1 Å². The minimum atomic E-state index is -0.814. The number of hydrogen-bond acceptors (Lipinski definition) is 5. The first-order chi connectivity index (χ1) is 20.5. The summed E-state index contributed by atoms with van der Waals surface area (Å²) in [6, 6.07) is 29.5. The Morgan fingerprint density at radius 2 is 1.29 bits per heavy atom. The van der Waals surface area contributed by atoms with Gasteiger partial charge in [-0.2, -0.15) is 0 Å². The number of nitrogens with one attached hydrogen (secondary N) is 1. The maximum atomic E-state index is 13.5. The Morgan fingerprint density at radius 3 is 1.74 bits per heavy atom. The molecular weight excluding hydrogens is 540 g/mol. The summed E-state index contributed by atoms with van der Waals surface area (Å²) in [6.45, 7) is 4.01. The summed E-state index contributed by atoms with van der Waals surface area (Å²) in [5.41, 5.74) is 9.92. The van der Waals surface area contributed by atoms with Gasteiger partial charge >= 0.3 is 5.97 Å². The molecule has 1 aliphatic rings. The Labute approximate surface area is 256 Å². The second-order valence-electron chi connectivity index (χ2n) is 11.5. The fraction of sp³-hybridized carbons (Fsp3) is 0.444. The monoisotopic (exact) mass is 586 g/mol. The van der Waals surface area contributed by atoms with E-state index in [0.29, 0.717) is 5.75 Å². The number of benzene rings is 3. The lowest BCUT2D eigenvalue weighted by atomic mass is 9.84. The van der Waals surface area contributed by atoms with Crippen LogP contribution in [0, 0.1) is 5.92 Å². The van der Waals surface area contributed by atoms with Crippen LogP contribution in [0.5, 0.6) is 0 Å². The van der Waals surface area contributed by atoms with E-state index < -0.39 is 16.8 Å². The summed E-state index contributed by atoms with van der Waals surface area (Å²) < 4.78 is 5.41. The molecule has 3 aromatic carbocycles. The smallest absolute Gasteiger partial charge is 0.329 e. The predicted molar refractivity (Wildman–Crippen MR) is 173 cm³/mol. The SMILES string of the molecule is CC[C@H](C)[C@H](NC(=O)[C@@H](N)CSC(c1ccccc1)(c1ccccc1)c1ccccc1)C(=O)OC1CCCCCCC1. The molecule has 1 aliphatic carbocycles. The second kappa shape index (κ2) is 15.9. The van der Waals surface area contributed by atoms with Gasteiger partial charge in [-0.1, -0.05) is 131 Å². The molecule has 0 saturated heterocycles. The first-order valence-corrected chi connectivity index (χ1v) is 16.5. The van der Waals surface area contributed by atoms with Crippen LogP contribution >= 0.6 is 11.8 Å². The summed E-state index contributed by atoms with van der Waals surface area (Å²) in [7, 11) is 0. The topological polar surface area (TPSA) is 81.4 Å². The van der Waals surface area contributed by atoms with Gasteiger partial charge in [0.05, 0.1) is 10.8 Å². The number of esters is 1. The molecule has 42 heavy (non-hydrogen) atoms. The van der Waals surface area contributed by atoms with Crippen LogP contribution in [0.3, 0.4) is 0 Å². The van der Waals surface area contributed by atoms with E-state index >= 15 is 0 Å². The van der Waals surface area contributed by atoms with Crippen molar-refractivity contribution in [3.05, 3.63) is 108 Å². The summed E-state index contributed by atoms with van der Waals surface area (Å²) in [4.78, 5) is 26.9. The van der Waals surface area contributed by atoms with E-state index in [0.717, 1.165) is 48.8 Å². The van der Waals surface area contributed by atoms with Crippen LogP contribution in [0.25, 0.3) is 0 Å². The first kappa shape index (κ1) is 31.8. The van der Waals surface area contributed by atoms with Gasteiger partial charge in [0.1, 0.15) is 12.1 Å². The van der Waals surface area contributed by atoms with Gasteiger partial charge < -0.3 is 15.8 Å². The predicted octanol–water partition coefficient (Wildman–Crippen LogP) is 7.23. The molecule has 0 aromatic heterocycles. The lowest BCUT2D eigenvalue weighted by Crippen LogP contribution is -2.53. The van der Waals surface area contributed by atoms with Gasteiger partial charge in [0.15, 0.2) is 0 Å². The van der Waals surface area contributed by atoms with Gasteiger partial charge in [0.2, 0.25) is 5.91 Å².